The molecule has 2 heterocycles. The van der Waals surface area contributed by atoms with Crippen molar-refractivity contribution in [2.75, 3.05) is 6.61 Å². The number of aromatic amines is 1. The molecule has 4 N–H and O–H groups in total. The van der Waals surface area contributed by atoms with Crippen molar-refractivity contribution < 1.29 is 20.1 Å². The Morgan fingerprint density at radius 1 is 1.57 bits per heavy atom. The normalized spacial score (nSPS) is 32.3. The van der Waals surface area contributed by atoms with Crippen LogP contribution in [0.4, 0.5) is 0 Å². The van der Waals surface area contributed by atoms with E-state index in [1.54, 1.807) is 0 Å². The van der Waals surface area contributed by atoms with Gasteiger partial charge in [-0.15, -0.1) is 6.58 Å². The van der Waals surface area contributed by atoms with E-state index in [1.165, 1.54) is 19.2 Å². The number of hydrogen-bond donors (Lipinski definition) is 4. The third-order valence-electron chi connectivity index (χ3n) is 3.70. The topological polar surface area (TPSA) is 125 Å². The molecule has 0 saturated carbocycles. The van der Waals surface area contributed by atoms with Crippen LogP contribution in [0.5, 0.6) is 0 Å². The van der Waals surface area contributed by atoms with Gasteiger partial charge in [0.05, 0.1) is 6.61 Å². The number of H-pyrrole nitrogens is 1. The first kappa shape index (κ1) is 15.6. The largest absolute Gasteiger partial charge is 0.394 e. The van der Waals surface area contributed by atoms with Crippen LogP contribution in [-0.4, -0.2) is 49.3 Å². The predicted molar refractivity (Wildman–Crippen MR) is 72.8 cm³/mol. The lowest BCUT2D eigenvalue weighted by atomic mass is 9.89. The molecule has 0 unspecified atom stereocenters. The molecule has 21 heavy (non-hydrogen) atoms. The lowest BCUT2D eigenvalue weighted by molar-refractivity contribution is -0.0904. The zero-order chi connectivity index (χ0) is 15.8. The molecule has 1 fully saturated rings. The van der Waals surface area contributed by atoms with Crippen molar-refractivity contribution in [3.05, 3.63) is 45.3 Å². The maximum absolute atomic E-state index is 11.8. The van der Waals surface area contributed by atoms with Gasteiger partial charge in [-0.25, -0.2) is 4.79 Å². The Bertz CT molecular complexity index is 651. The number of aromatic nitrogens is 2. The minimum atomic E-state index is -1.76. The predicted octanol–water partition coefficient (Wildman–Crippen LogP) is -1.60. The van der Waals surface area contributed by atoms with Gasteiger partial charge in [-0.2, -0.15) is 0 Å². The Labute approximate surface area is 119 Å². The summed E-state index contributed by atoms with van der Waals surface area (Å²) < 4.78 is 6.39. The zero-order valence-corrected chi connectivity index (χ0v) is 11.5. The Morgan fingerprint density at radius 3 is 2.81 bits per heavy atom. The average Bonchev–Trinajstić information content (AvgIpc) is 2.67. The molecule has 8 heteroatoms. The molecule has 0 spiro atoms. The third kappa shape index (κ3) is 2.46. The standard InChI is InChI=1S/C13H18N2O6/c1-3-4-13(20)8(6-16)21-11(9(13)17)15-5-7(2)10(18)14-12(15)19/h3,5,8-9,11,16-17,20H,1,4,6H2,2H3,(H,14,18,19)/t8-,9+,11-,13-/m1/s1. The van der Waals surface area contributed by atoms with Crippen molar-refractivity contribution in [3.8, 4) is 0 Å². The molecule has 0 amide bonds. The fraction of sp³-hybridized carbons (Fsp3) is 0.538. The summed E-state index contributed by atoms with van der Waals surface area (Å²) in [7, 11) is 0. The van der Waals surface area contributed by atoms with Crippen LogP contribution in [0.15, 0.2) is 28.4 Å². The summed E-state index contributed by atoms with van der Waals surface area (Å²) in [5, 5.41) is 30.1. The highest BCUT2D eigenvalue weighted by atomic mass is 16.6. The van der Waals surface area contributed by atoms with Gasteiger partial charge in [0.1, 0.15) is 17.8 Å². The highest BCUT2D eigenvalue weighted by Crippen LogP contribution is 2.38. The molecule has 1 saturated heterocycles. The second kappa shape index (κ2) is 5.57. The van der Waals surface area contributed by atoms with E-state index in [-0.39, 0.29) is 12.0 Å². The molecule has 116 valence electrons. The van der Waals surface area contributed by atoms with Gasteiger partial charge in [-0.3, -0.25) is 14.3 Å². The van der Waals surface area contributed by atoms with E-state index in [0.717, 1.165) is 4.57 Å². The lowest BCUT2D eigenvalue weighted by Gasteiger charge is -2.28. The molecule has 0 radical (unpaired) electrons. The van der Waals surface area contributed by atoms with E-state index in [1.807, 2.05) is 0 Å². The highest BCUT2D eigenvalue weighted by Gasteiger charge is 2.55. The summed E-state index contributed by atoms with van der Waals surface area (Å²) in [5.41, 5.74) is -2.81. The number of ether oxygens (including phenoxy) is 1. The maximum Gasteiger partial charge on any atom is 0.330 e. The number of hydrogen-bond acceptors (Lipinski definition) is 6. The molecule has 4 atom stereocenters. The Kier molecular flexibility index (Phi) is 4.15. The van der Waals surface area contributed by atoms with Gasteiger partial charge in [0.25, 0.3) is 5.56 Å². The monoisotopic (exact) mass is 298 g/mol. The highest BCUT2D eigenvalue weighted by molar-refractivity contribution is 5.08. The van der Waals surface area contributed by atoms with E-state index in [4.69, 9.17) is 4.74 Å². The quantitative estimate of drug-likeness (QED) is 0.496. The maximum atomic E-state index is 11.8. The van der Waals surface area contributed by atoms with Crippen molar-refractivity contribution in [1.82, 2.24) is 9.55 Å². The fourth-order valence-electron chi connectivity index (χ4n) is 2.48. The van der Waals surface area contributed by atoms with Gasteiger partial charge in [-0.05, 0) is 13.3 Å². The van der Waals surface area contributed by atoms with Gasteiger partial charge in [0.15, 0.2) is 6.23 Å². The van der Waals surface area contributed by atoms with E-state index in [2.05, 4.69) is 11.6 Å². The van der Waals surface area contributed by atoms with Crippen LogP contribution in [0.25, 0.3) is 0 Å². The van der Waals surface area contributed by atoms with Crippen molar-refractivity contribution in [2.24, 2.45) is 0 Å². The number of nitrogens with one attached hydrogen (secondary N) is 1. The van der Waals surface area contributed by atoms with Crippen LogP contribution in [-0.2, 0) is 4.74 Å². The molecule has 1 aromatic heterocycles. The van der Waals surface area contributed by atoms with Crippen molar-refractivity contribution in [3.63, 3.8) is 0 Å². The average molecular weight is 298 g/mol. The summed E-state index contributed by atoms with van der Waals surface area (Å²) in [5.74, 6) is 0. The van der Waals surface area contributed by atoms with Crippen molar-refractivity contribution in [2.45, 2.75) is 37.4 Å². The SMILES string of the molecule is C=CC[C@@]1(O)[C@@H](CO)O[C@@H](n2cc(C)c(=O)[nH]c2=O)[C@@H]1O. The number of nitrogens with zero attached hydrogens (tertiary/aromatic N) is 1. The number of aliphatic hydroxyl groups is 3. The van der Waals surface area contributed by atoms with Crippen LogP contribution in [0.1, 0.15) is 18.2 Å². The number of aliphatic hydroxyl groups excluding tert-OH is 2. The molecule has 2 rings (SSSR count). The minimum absolute atomic E-state index is 0.0209. The third-order valence-corrected chi connectivity index (χ3v) is 3.70. The second-order valence-electron chi connectivity index (χ2n) is 5.11. The van der Waals surface area contributed by atoms with Crippen LogP contribution < -0.4 is 11.2 Å². The molecule has 0 aromatic carbocycles. The van der Waals surface area contributed by atoms with Gasteiger partial charge in [0, 0.05) is 11.8 Å². The summed E-state index contributed by atoms with van der Waals surface area (Å²) in [6.45, 7) is 4.45. The summed E-state index contributed by atoms with van der Waals surface area (Å²) in [6.07, 6.45) is -1.14. The first-order chi connectivity index (χ1) is 9.85. The molecule has 0 aliphatic carbocycles. The first-order valence-electron chi connectivity index (χ1n) is 6.45. The molecule has 1 aliphatic heterocycles. The zero-order valence-electron chi connectivity index (χ0n) is 11.5. The molecular weight excluding hydrogens is 280 g/mol. The molecule has 8 nitrogen and oxygen atoms in total. The summed E-state index contributed by atoms with van der Waals surface area (Å²) in [4.78, 5) is 25.3. The molecule has 1 aliphatic rings. The van der Waals surface area contributed by atoms with Crippen LogP contribution in [0.2, 0.25) is 0 Å². The first-order valence-corrected chi connectivity index (χ1v) is 6.45. The Balaban J connectivity index is 2.47. The van der Waals surface area contributed by atoms with E-state index in [9.17, 15) is 24.9 Å². The van der Waals surface area contributed by atoms with Crippen LogP contribution in [0, 0.1) is 6.92 Å². The van der Waals surface area contributed by atoms with E-state index in [0.29, 0.717) is 0 Å². The van der Waals surface area contributed by atoms with Gasteiger partial charge < -0.3 is 20.1 Å². The van der Waals surface area contributed by atoms with E-state index < -0.39 is 41.9 Å². The van der Waals surface area contributed by atoms with Gasteiger partial charge >= 0.3 is 5.69 Å². The van der Waals surface area contributed by atoms with E-state index >= 15 is 0 Å². The number of aryl methyl sites for hydroxylation is 1. The second-order valence-corrected chi connectivity index (χ2v) is 5.11. The summed E-state index contributed by atoms with van der Waals surface area (Å²) in [6, 6.07) is 0. The van der Waals surface area contributed by atoms with Gasteiger partial charge in [0.2, 0.25) is 0 Å². The minimum Gasteiger partial charge on any atom is -0.394 e. The fourth-order valence-corrected chi connectivity index (χ4v) is 2.48. The lowest BCUT2D eigenvalue weighted by Crippen LogP contribution is -2.49. The Morgan fingerprint density at radius 2 is 2.24 bits per heavy atom. The molecule has 1 aromatic rings. The Hall–Kier alpha value is -1.74. The van der Waals surface area contributed by atoms with Crippen LogP contribution >= 0.6 is 0 Å². The van der Waals surface area contributed by atoms with Crippen LogP contribution in [0.3, 0.4) is 0 Å². The van der Waals surface area contributed by atoms with Gasteiger partial charge in [-0.1, -0.05) is 6.08 Å². The van der Waals surface area contributed by atoms with Crippen molar-refractivity contribution in [1.29, 1.82) is 0 Å². The number of rotatable bonds is 4. The van der Waals surface area contributed by atoms with Crippen molar-refractivity contribution >= 4 is 0 Å². The summed E-state index contributed by atoms with van der Waals surface area (Å²) >= 11 is 0. The molecule has 0 bridgehead atoms. The smallest absolute Gasteiger partial charge is 0.330 e. The molecular formula is C13H18N2O6.